The maximum Gasteiger partial charge on any atom is 0.435 e. The summed E-state index contributed by atoms with van der Waals surface area (Å²) >= 11 is 9.33. The summed E-state index contributed by atoms with van der Waals surface area (Å²) in [5, 5.41) is 8.37. The van der Waals surface area contributed by atoms with E-state index < -0.39 is 29.4 Å². The Morgan fingerprint density at radius 3 is 2.59 bits per heavy atom. The number of aryl methyl sites for hydroxylation is 1. The zero-order chi connectivity index (χ0) is 23.6. The molecule has 0 radical (unpaired) electrons. The number of carbonyl (C=O) groups is 2. The number of anilines is 1. The van der Waals surface area contributed by atoms with Gasteiger partial charge in [-0.05, 0) is 43.0 Å². The van der Waals surface area contributed by atoms with Crippen molar-refractivity contribution in [3.8, 4) is 5.82 Å². The van der Waals surface area contributed by atoms with Gasteiger partial charge in [0.25, 0.3) is 11.8 Å². The highest BCUT2D eigenvalue weighted by Crippen LogP contribution is 2.31. The van der Waals surface area contributed by atoms with Crippen molar-refractivity contribution in [3.63, 3.8) is 0 Å². The van der Waals surface area contributed by atoms with Crippen LogP contribution in [-0.2, 0) is 6.18 Å². The number of pyridine rings is 1. The van der Waals surface area contributed by atoms with E-state index in [1.54, 1.807) is 13.0 Å². The molecule has 0 aliphatic carbocycles. The number of rotatable bonds is 5. The minimum absolute atomic E-state index is 0.00996. The lowest BCUT2D eigenvalue weighted by Gasteiger charge is -2.15. The minimum atomic E-state index is -4.82. The van der Waals surface area contributed by atoms with E-state index in [1.807, 2.05) is 0 Å². The maximum atomic E-state index is 13.3. The second-order valence-corrected chi connectivity index (χ2v) is 7.73. The third-order valence-corrected chi connectivity index (χ3v) is 4.94. The third-order valence-electron chi connectivity index (χ3n) is 4.19. The standard InChI is InChI=1S/C20H14BrClF3N5O2/c1-3-26-18(31)12-8-11(21)7-10(2)16(12)28-19(32)14-9-15(20(23,24)25)29-30(14)17-13(22)5-4-6-27-17/h3-9H,1H2,2H3,(H,26,31)(H,28,32). The van der Waals surface area contributed by atoms with Gasteiger partial charge in [0.05, 0.1) is 16.3 Å². The van der Waals surface area contributed by atoms with Crippen molar-refractivity contribution < 1.29 is 22.8 Å². The zero-order valence-corrected chi connectivity index (χ0v) is 18.6. The van der Waals surface area contributed by atoms with Crippen LogP contribution in [0.5, 0.6) is 0 Å². The summed E-state index contributed by atoms with van der Waals surface area (Å²) in [6.07, 6.45) is -2.35. The van der Waals surface area contributed by atoms with E-state index in [1.165, 1.54) is 24.4 Å². The number of hydrogen-bond donors (Lipinski definition) is 2. The summed E-state index contributed by atoms with van der Waals surface area (Å²) in [4.78, 5) is 29.4. The van der Waals surface area contributed by atoms with E-state index in [2.05, 4.69) is 43.2 Å². The van der Waals surface area contributed by atoms with Crippen LogP contribution < -0.4 is 10.6 Å². The summed E-state index contributed by atoms with van der Waals surface area (Å²) in [6, 6.07) is 6.55. The first-order valence-electron chi connectivity index (χ1n) is 8.84. The average Bonchev–Trinajstić information content (AvgIpc) is 3.16. The molecule has 0 unspecified atom stereocenters. The van der Waals surface area contributed by atoms with Crippen molar-refractivity contribution in [3.05, 3.63) is 81.3 Å². The lowest BCUT2D eigenvalue weighted by molar-refractivity contribution is -0.141. The number of amides is 2. The van der Waals surface area contributed by atoms with Crippen LogP contribution in [0.25, 0.3) is 5.82 Å². The predicted octanol–water partition coefficient (Wildman–Crippen LogP) is 5.14. The van der Waals surface area contributed by atoms with Gasteiger partial charge in [-0.3, -0.25) is 9.59 Å². The lowest BCUT2D eigenvalue weighted by atomic mass is 10.1. The Kier molecular flexibility index (Phi) is 6.70. The number of alkyl halides is 3. The Morgan fingerprint density at radius 2 is 1.97 bits per heavy atom. The van der Waals surface area contributed by atoms with Gasteiger partial charge in [-0.15, -0.1) is 0 Å². The Bertz CT molecular complexity index is 1230. The Hall–Kier alpha value is -3.18. The molecule has 0 saturated carbocycles. The molecule has 1 aromatic carbocycles. The first-order chi connectivity index (χ1) is 15.0. The molecule has 0 saturated heterocycles. The largest absolute Gasteiger partial charge is 0.435 e. The van der Waals surface area contributed by atoms with Crippen LogP contribution >= 0.6 is 27.5 Å². The summed E-state index contributed by atoms with van der Waals surface area (Å²) < 4.78 is 41.2. The number of hydrogen-bond acceptors (Lipinski definition) is 4. The van der Waals surface area contributed by atoms with Crippen LogP contribution in [0.15, 0.2) is 53.8 Å². The number of aromatic nitrogens is 3. The smallest absolute Gasteiger partial charge is 0.329 e. The summed E-state index contributed by atoms with van der Waals surface area (Å²) in [5.41, 5.74) is -1.12. The molecular formula is C20H14BrClF3N5O2. The quantitative estimate of drug-likeness (QED) is 0.480. The molecule has 0 atom stereocenters. The third kappa shape index (κ3) is 4.83. The van der Waals surface area contributed by atoms with Gasteiger partial charge < -0.3 is 10.6 Å². The van der Waals surface area contributed by atoms with Crippen molar-refractivity contribution in [1.29, 1.82) is 0 Å². The maximum absolute atomic E-state index is 13.3. The van der Waals surface area contributed by atoms with Crippen LogP contribution in [0.3, 0.4) is 0 Å². The zero-order valence-electron chi connectivity index (χ0n) is 16.3. The first kappa shape index (κ1) is 23.5. The molecule has 2 heterocycles. The summed E-state index contributed by atoms with van der Waals surface area (Å²) in [7, 11) is 0. The van der Waals surface area contributed by atoms with Gasteiger partial charge >= 0.3 is 6.18 Å². The van der Waals surface area contributed by atoms with Crippen molar-refractivity contribution in [2.24, 2.45) is 0 Å². The highest BCUT2D eigenvalue weighted by Gasteiger charge is 2.36. The molecule has 12 heteroatoms. The van der Waals surface area contributed by atoms with E-state index in [-0.39, 0.29) is 22.1 Å². The van der Waals surface area contributed by atoms with Crippen LogP contribution in [0, 0.1) is 6.92 Å². The molecule has 0 bridgehead atoms. The van der Waals surface area contributed by atoms with Gasteiger partial charge in [0.15, 0.2) is 11.5 Å². The van der Waals surface area contributed by atoms with Gasteiger partial charge in [-0.2, -0.15) is 18.3 Å². The molecule has 2 amide bonds. The fourth-order valence-electron chi connectivity index (χ4n) is 2.81. The Morgan fingerprint density at radius 1 is 1.25 bits per heavy atom. The highest BCUT2D eigenvalue weighted by molar-refractivity contribution is 9.10. The van der Waals surface area contributed by atoms with E-state index in [4.69, 9.17) is 11.6 Å². The van der Waals surface area contributed by atoms with Gasteiger partial charge in [0.2, 0.25) is 0 Å². The fraction of sp³-hybridized carbons (Fsp3) is 0.100. The molecule has 3 rings (SSSR count). The van der Waals surface area contributed by atoms with Gasteiger partial charge in [-0.25, -0.2) is 9.67 Å². The lowest BCUT2D eigenvalue weighted by Crippen LogP contribution is -2.23. The van der Waals surface area contributed by atoms with Gasteiger partial charge in [-0.1, -0.05) is 34.1 Å². The normalized spacial score (nSPS) is 11.2. The van der Waals surface area contributed by atoms with E-state index >= 15 is 0 Å². The first-order valence-corrected chi connectivity index (χ1v) is 10.0. The van der Waals surface area contributed by atoms with Gasteiger partial charge in [0, 0.05) is 16.7 Å². The molecule has 32 heavy (non-hydrogen) atoms. The molecule has 0 aliphatic heterocycles. The number of carbonyl (C=O) groups excluding carboxylic acids is 2. The minimum Gasteiger partial charge on any atom is -0.329 e. The van der Waals surface area contributed by atoms with Crippen molar-refractivity contribution in [2.75, 3.05) is 5.32 Å². The van der Waals surface area contributed by atoms with Crippen molar-refractivity contribution >= 4 is 45.0 Å². The number of halogens is 5. The molecule has 2 N–H and O–H groups in total. The highest BCUT2D eigenvalue weighted by atomic mass is 79.9. The number of nitrogens with zero attached hydrogens (tertiary/aromatic N) is 3. The van der Waals surface area contributed by atoms with E-state index in [0.717, 1.165) is 6.20 Å². The van der Waals surface area contributed by atoms with E-state index in [9.17, 15) is 22.8 Å². The molecule has 0 fully saturated rings. The molecule has 0 spiro atoms. The summed E-state index contributed by atoms with van der Waals surface area (Å²) in [5.74, 6) is -1.68. The van der Waals surface area contributed by atoms with E-state index in [0.29, 0.717) is 20.8 Å². The second kappa shape index (κ2) is 9.13. The monoisotopic (exact) mass is 527 g/mol. The van der Waals surface area contributed by atoms with Crippen molar-refractivity contribution in [1.82, 2.24) is 20.1 Å². The van der Waals surface area contributed by atoms with Crippen LogP contribution in [0.2, 0.25) is 5.02 Å². The molecule has 3 aromatic rings. The fourth-order valence-corrected chi connectivity index (χ4v) is 3.59. The number of nitrogens with one attached hydrogen (secondary N) is 2. The van der Waals surface area contributed by atoms with Crippen LogP contribution in [-0.4, -0.2) is 26.6 Å². The number of benzene rings is 1. The molecule has 0 aliphatic rings. The molecular weight excluding hydrogens is 515 g/mol. The van der Waals surface area contributed by atoms with Gasteiger partial charge in [0.1, 0.15) is 5.69 Å². The molecule has 2 aromatic heterocycles. The van der Waals surface area contributed by atoms with Crippen LogP contribution in [0.1, 0.15) is 32.1 Å². The Labute approximate surface area is 193 Å². The average molecular weight is 529 g/mol. The SMILES string of the molecule is C=CNC(=O)c1cc(Br)cc(C)c1NC(=O)c1cc(C(F)(F)F)nn1-c1ncccc1Cl. The van der Waals surface area contributed by atoms with Crippen LogP contribution in [0.4, 0.5) is 18.9 Å². The Balaban J connectivity index is 2.12. The molecule has 166 valence electrons. The van der Waals surface area contributed by atoms with Crippen molar-refractivity contribution in [2.45, 2.75) is 13.1 Å². The second-order valence-electron chi connectivity index (χ2n) is 6.41. The summed E-state index contributed by atoms with van der Waals surface area (Å²) in [6.45, 7) is 5.04. The topological polar surface area (TPSA) is 88.9 Å². The molecule has 7 nitrogen and oxygen atoms in total. The predicted molar refractivity (Wildman–Crippen MR) is 116 cm³/mol.